The summed E-state index contributed by atoms with van der Waals surface area (Å²) in [7, 11) is 3.06. The Morgan fingerprint density at radius 2 is 1.57 bits per heavy atom. The number of nitrogens with zero attached hydrogens (tertiary/aromatic N) is 1. The number of amides is 1. The highest BCUT2D eigenvalue weighted by Crippen LogP contribution is 2.22. The van der Waals surface area contributed by atoms with E-state index in [1.807, 2.05) is 48.5 Å². The predicted octanol–water partition coefficient (Wildman–Crippen LogP) is 4.81. The van der Waals surface area contributed by atoms with Gasteiger partial charge in [-0.2, -0.15) is 5.10 Å². The Balaban J connectivity index is 1.55. The fraction of sp³-hybridized carbons (Fsp3) is 0.130. The Morgan fingerprint density at radius 1 is 0.933 bits per heavy atom. The van der Waals surface area contributed by atoms with E-state index in [4.69, 9.17) is 14.2 Å². The minimum Gasteiger partial charge on any atom is -0.497 e. The monoisotopic (exact) mass is 468 g/mol. The first-order chi connectivity index (χ1) is 14.6. The number of hydrogen-bond acceptors (Lipinski definition) is 5. The fourth-order valence-corrected chi connectivity index (χ4v) is 2.83. The second kappa shape index (κ2) is 10.5. The molecule has 7 heteroatoms. The number of ether oxygens (including phenoxy) is 3. The molecular formula is C23H21BrN2O4. The number of carbonyl (C=O) groups excluding carboxylic acids is 1. The van der Waals surface area contributed by atoms with E-state index in [1.54, 1.807) is 24.4 Å². The first kappa shape index (κ1) is 21.4. The lowest BCUT2D eigenvalue weighted by molar-refractivity contribution is 0.0954. The third-order valence-corrected chi connectivity index (χ3v) is 4.72. The van der Waals surface area contributed by atoms with Crippen LogP contribution in [0.15, 0.2) is 76.3 Å². The summed E-state index contributed by atoms with van der Waals surface area (Å²) < 4.78 is 17.2. The molecule has 0 aliphatic rings. The van der Waals surface area contributed by atoms with Crippen molar-refractivity contribution in [1.82, 2.24) is 5.43 Å². The van der Waals surface area contributed by atoms with Crippen LogP contribution in [0.5, 0.6) is 17.2 Å². The number of halogens is 1. The molecule has 0 aliphatic heterocycles. The lowest BCUT2D eigenvalue weighted by Crippen LogP contribution is -2.17. The summed E-state index contributed by atoms with van der Waals surface area (Å²) in [6, 6.07) is 20.3. The molecule has 0 heterocycles. The smallest absolute Gasteiger partial charge is 0.271 e. The lowest BCUT2D eigenvalue weighted by Gasteiger charge is -2.07. The van der Waals surface area contributed by atoms with Gasteiger partial charge in [0.1, 0.15) is 23.9 Å². The minimum atomic E-state index is -0.363. The molecule has 0 saturated carbocycles. The van der Waals surface area contributed by atoms with Gasteiger partial charge in [-0.3, -0.25) is 4.79 Å². The van der Waals surface area contributed by atoms with Gasteiger partial charge in [0.15, 0.2) is 0 Å². The Bertz CT molecular complexity index is 996. The molecule has 1 amide bonds. The average Bonchev–Trinajstić information content (AvgIpc) is 2.79. The summed E-state index contributed by atoms with van der Waals surface area (Å²) in [6.45, 7) is 0.487. The second-order valence-corrected chi connectivity index (χ2v) is 7.20. The van der Waals surface area contributed by atoms with Crippen LogP contribution in [0.25, 0.3) is 0 Å². The summed E-state index contributed by atoms with van der Waals surface area (Å²) in [5, 5.41) is 4.01. The van der Waals surface area contributed by atoms with Crippen LogP contribution in [0.3, 0.4) is 0 Å². The number of rotatable bonds is 8. The molecule has 0 radical (unpaired) electrons. The summed E-state index contributed by atoms with van der Waals surface area (Å²) >= 11 is 3.41. The lowest BCUT2D eigenvalue weighted by atomic mass is 10.2. The van der Waals surface area contributed by atoms with Gasteiger partial charge in [0.25, 0.3) is 5.91 Å². The molecule has 6 nitrogen and oxygen atoms in total. The summed E-state index contributed by atoms with van der Waals surface area (Å²) in [6.07, 6.45) is 1.56. The molecule has 3 rings (SSSR count). The second-order valence-electron chi connectivity index (χ2n) is 6.28. The highest BCUT2D eigenvalue weighted by atomic mass is 79.9. The SMILES string of the molecule is COc1cc(OC)cc(C(=O)NN=Cc2ccc(OCc3ccc(Br)cc3)cc2)c1. The molecule has 0 spiro atoms. The average molecular weight is 469 g/mol. The molecule has 30 heavy (non-hydrogen) atoms. The maximum atomic E-state index is 12.3. The van der Waals surface area contributed by atoms with E-state index >= 15 is 0 Å². The molecule has 0 aliphatic carbocycles. The van der Waals surface area contributed by atoms with E-state index in [0.29, 0.717) is 23.7 Å². The van der Waals surface area contributed by atoms with E-state index in [2.05, 4.69) is 26.5 Å². The first-order valence-corrected chi connectivity index (χ1v) is 9.90. The van der Waals surface area contributed by atoms with Gasteiger partial charge in [-0.05, 0) is 59.7 Å². The van der Waals surface area contributed by atoms with E-state index in [0.717, 1.165) is 21.3 Å². The quantitative estimate of drug-likeness (QED) is 0.380. The fourth-order valence-electron chi connectivity index (χ4n) is 2.57. The zero-order valence-corrected chi connectivity index (χ0v) is 18.2. The summed E-state index contributed by atoms with van der Waals surface area (Å²) in [5.41, 5.74) is 4.80. The predicted molar refractivity (Wildman–Crippen MR) is 120 cm³/mol. The third kappa shape index (κ3) is 6.09. The Kier molecular flexibility index (Phi) is 7.45. The molecule has 0 unspecified atom stereocenters. The van der Waals surface area contributed by atoms with Crippen LogP contribution in [0.4, 0.5) is 0 Å². The molecule has 3 aromatic rings. The largest absolute Gasteiger partial charge is 0.497 e. The van der Waals surface area contributed by atoms with Crippen LogP contribution in [0.1, 0.15) is 21.5 Å². The van der Waals surface area contributed by atoms with E-state index in [1.165, 1.54) is 14.2 Å². The normalized spacial score (nSPS) is 10.6. The molecule has 1 N–H and O–H groups in total. The maximum absolute atomic E-state index is 12.3. The standard InChI is InChI=1S/C23H21BrN2O4/c1-28-21-11-18(12-22(13-21)29-2)23(27)26-25-14-16-5-9-20(10-6-16)30-15-17-3-7-19(24)8-4-17/h3-14H,15H2,1-2H3,(H,26,27). The third-order valence-electron chi connectivity index (χ3n) is 4.19. The summed E-state index contributed by atoms with van der Waals surface area (Å²) in [4.78, 5) is 12.3. The number of hydrazone groups is 1. The van der Waals surface area contributed by atoms with Crippen molar-refractivity contribution in [3.8, 4) is 17.2 Å². The topological polar surface area (TPSA) is 69.2 Å². The minimum absolute atomic E-state index is 0.363. The van der Waals surface area contributed by atoms with Gasteiger partial charge in [-0.15, -0.1) is 0 Å². The molecule has 0 fully saturated rings. The van der Waals surface area contributed by atoms with Gasteiger partial charge in [0.2, 0.25) is 0 Å². The molecule has 0 saturated heterocycles. The van der Waals surface area contributed by atoms with Gasteiger partial charge in [0.05, 0.1) is 20.4 Å². The molecule has 3 aromatic carbocycles. The molecule has 0 bridgehead atoms. The van der Waals surface area contributed by atoms with E-state index in [9.17, 15) is 4.79 Å². The van der Waals surface area contributed by atoms with Crippen molar-refractivity contribution < 1.29 is 19.0 Å². The zero-order valence-electron chi connectivity index (χ0n) is 16.6. The van der Waals surface area contributed by atoms with Crippen LogP contribution in [0.2, 0.25) is 0 Å². The van der Waals surface area contributed by atoms with Crippen LogP contribution < -0.4 is 19.6 Å². The first-order valence-electron chi connectivity index (χ1n) is 9.11. The molecule has 0 atom stereocenters. The molecule has 154 valence electrons. The van der Waals surface area contributed by atoms with Crippen molar-refractivity contribution >= 4 is 28.1 Å². The van der Waals surface area contributed by atoms with Gasteiger partial charge < -0.3 is 14.2 Å². The van der Waals surface area contributed by atoms with Crippen LogP contribution in [-0.2, 0) is 6.61 Å². The number of benzene rings is 3. The number of methoxy groups -OCH3 is 2. The Labute approximate surface area is 183 Å². The van der Waals surface area contributed by atoms with Crippen molar-refractivity contribution in [2.75, 3.05) is 14.2 Å². The molecular weight excluding hydrogens is 448 g/mol. The van der Waals surface area contributed by atoms with Gasteiger partial charge in [-0.1, -0.05) is 28.1 Å². The highest BCUT2D eigenvalue weighted by molar-refractivity contribution is 9.10. The Morgan fingerprint density at radius 3 is 2.17 bits per heavy atom. The van der Waals surface area contributed by atoms with Crippen molar-refractivity contribution in [2.24, 2.45) is 5.10 Å². The van der Waals surface area contributed by atoms with Gasteiger partial charge >= 0.3 is 0 Å². The number of nitrogens with one attached hydrogen (secondary N) is 1. The van der Waals surface area contributed by atoms with Gasteiger partial charge in [0, 0.05) is 16.1 Å². The number of hydrogen-bond donors (Lipinski definition) is 1. The van der Waals surface area contributed by atoms with Crippen molar-refractivity contribution in [2.45, 2.75) is 6.61 Å². The van der Waals surface area contributed by atoms with E-state index in [-0.39, 0.29) is 5.91 Å². The highest BCUT2D eigenvalue weighted by Gasteiger charge is 2.09. The summed E-state index contributed by atoms with van der Waals surface area (Å²) in [5.74, 6) is 1.45. The van der Waals surface area contributed by atoms with Crippen LogP contribution in [0, 0.1) is 0 Å². The maximum Gasteiger partial charge on any atom is 0.271 e. The van der Waals surface area contributed by atoms with Crippen molar-refractivity contribution in [3.63, 3.8) is 0 Å². The van der Waals surface area contributed by atoms with Crippen molar-refractivity contribution in [3.05, 3.63) is 87.9 Å². The van der Waals surface area contributed by atoms with E-state index < -0.39 is 0 Å². The van der Waals surface area contributed by atoms with Gasteiger partial charge in [-0.25, -0.2) is 5.43 Å². The van der Waals surface area contributed by atoms with Crippen LogP contribution in [-0.4, -0.2) is 26.3 Å². The number of carbonyl (C=O) groups is 1. The van der Waals surface area contributed by atoms with Crippen molar-refractivity contribution in [1.29, 1.82) is 0 Å². The van der Waals surface area contributed by atoms with Crippen LogP contribution >= 0.6 is 15.9 Å². The molecule has 0 aromatic heterocycles. The Hall–Kier alpha value is -3.32. The zero-order chi connectivity index (χ0) is 21.3.